The van der Waals surface area contributed by atoms with Crippen molar-refractivity contribution in [3.8, 4) is 5.69 Å². The minimum atomic E-state index is 0.705. The van der Waals surface area contributed by atoms with Crippen LogP contribution in [-0.2, 0) is 0 Å². The number of piperazine rings is 1. The van der Waals surface area contributed by atoms with Gasteiger partial charge in [-0.1, -0.05) is 11.6 Å². The highest BCUT2D eigenvalue weighted by Gasteiger charge is 2.17. The summed E-state index contributed by atoms with van der Waals surface area (Å²) >= 11 is 5.95. The number of aromatic nitrogens is 4. The van der Waals surface area contributed by atoms with E-state index in [2.05, 4.69) is 25.3 Å². The van der Waals surface area contributed by atoms with E-state index in [9.17, 15) is 0 Å². The SMILES string of the molecule is Clc1ccc(-n2ncc3c(N4CCNCC4)ncnc32)cc1. The van der Waals surface area contributed by atoms with Crippen molar-refractivity contribution in [3.63, 3.8) is 0 Å². The first-order valence-corrected chi connectivity index (χ1v) is 7.61. The van der Waals surface area contributed by atoms with Crippen LogP contribution in [0.5, 0.6) is 0 Å². The zero-order valence-electron chi connectivity index (χ0n) is 11.9. The van der Waals surface area contributed by atoms with Crippen molar-refractivity contribution >= 4 is 28.5 Å². The molecule has 0 atom stereocenters. The van der Waals surface area contributed by atoms with Crippen LogP contribution in [0.4, 0.5) is 5.82 Å². The average Bonchev–Trinajstić information content (AvgIpc) is 3.00. The lowest BCUT2D eigenvalue weighted by Crippen LogP contribution is -2.44. The molecule has 1 fully saturated rings. The van der Waals surface area contributed by atoms with Crippen molar-refractivity contribution in [2.24, 2.45) is 0 Å². The molecule has 4 rings (SSSR count). The van der Waals surface area contributed by atoms with Gasteiger partial charge >= 0.3 is 0 Å². The highest BCUT2D eigenvalue weighted by Crippen LogP contribution is 2.25. The minimum Gasteiger partial charge on any atom is -0.353 e. The summed E-state index contributed by atoms with van der Waals surface area (Å²) in [6.07, 6.45) is 3.44. The summed E-state index contributed by atoms with van der Waals surface area (Å²) in [5.41, 5.74) is 1.75. The zero-order valence-corrected chi connectivity index (χ0v) is 12.7. The highest BCUT2D eigenvalue weighted by atomic mass is 35.5. The van der Waals surface area contributed by atoms with E-state index in [0.29, 0.717) is 5.02 Å². The van der Waals surface area contributed by atoms with Gasteiger partial charge < -0.3 is 10.2 Å². The van der Waals surface area contributed by atoms with Gasteiger partial charge in [0.1, 0.15) is 12.1 Å². The van der Waals surface area contributed by atoms with Crippen molar-refractivity contribution in [3.05, 3.63) is 41.8 Å². The molecule has 22 heavy (non-hydrogen) atoms. The number of fused-ring (bicyclic) bond motifs is 1. The molecule has 0 saturated carbocycles. The standard InChI is InChI=1S/C15H15ClN6/c16-11-1-3-12(4-2-11)22-15-13(9-20-22)14(18-10-19-15)21-7-5-17-6-8-21/h1-4,9-10,17H,5-8H2. The van der Waals surface area contributed by atoms with Gasteiger partial charge in [0, 0.05) is 31.2 Å². The van der Waals surface area contributed by atoms with Gasteiger partial charge in [0.15, 0.2) is 5.65 Å². The van der Waals surface area contributed by atoms with E-state index in [-0.39, 0.29) is 0 Å². The van der Waals surface area contributed by atoms with E-state index in [1.807, 2.05) is 35.1 Å². The Hall–Kier alpha value is -2.18. The smallest absolute Gasteiger partial charge is 0.168 e. The molecule has 6 nitrogen and oxygen atoms in total. The number of nitrogens with zero attached hydrogens (tertiary/aromatic N) is 5. The molecule has 0 spiro atoms. The quantitative estimate of drug-likeness (QED) is 0.782. The molecular weight excluding hydrogens is 300 g/mol. The number of hydrogen-bond donors (Lipinski definition) is 1. The lowest BCUT2D eigenvalue weighted by molar-refractivity contribution is 0.586. The van der Waals surface area contributed by atoms with Gasteiger partial charge in [-0.15, -0.1) is 0 Å². The Labute approximate surface area is 132 Å². The molecule has 3 aromatic rings. The fourth-order valence-electron chi connectivity index (χ4n) is 2.73. The molecule has 1 aromatic carbocycles. The van der Waals surface area contributed by atoms with E-state index < -0.39 is 0 Å². The van der Waals surface area contributed by atoms with Crippen LogP contribution in [0.3, 0.4) is 0 Å². The topological polar surface area (TPSA) is 58.9 Å². The maximum Gasteiger partial charge on any atom is 0.168 e. The summed E-state index contributed by atoms with van der Waals surface area (Å²) in [4.78, 5) is 11.1. The van der Waals surface area contributed by atoms with Gasteiger partial charge in [0.25, 0.3) is 0 Å². The number of nitrogens with one attached hydrogen (secondary N) is 1. The molecular formula is C15H15ClN6. The van der Waals surface area contributed by atoms with Crippen molar-refractivity contribution in [2.45, 2.75) is 0 Å². The fraction of sp³-hybridized carbons (Fsp3) is 0.267. The Morgan fingerprint density at radius 1 is 1.05 bits per heavy atom. The Morgan fingerprint density at radius 3 is 2.59 bits per heavy atom. The Bertz CT molecular complexity index is 791. The molecule has 1 saturated heterocycles. The van der Waals surface area contributed by atoms with Crippen molar-refractivity contribution in [1.82, 2.24) is 25.1 Å². The van der Waals surface area contributed by atoms with E-state index >= 15 is 0 Å². The molecule has 0 amide bonds. The largest absolute Gasteiger partial charge is 0.353 e. The third kappa shape index (κ3) is 2.30. The second kappa shape index (κ2) is 5.55. The van der Waals surface area contributed by atoms with Crippen LogP contribution >= 0.6 is 11.6 Å². The van der Waals surface area contributed by atoms with Crippen LogP contribution in [0.1, 0.15) is 0 Å². The third-order valence-corrected chi connectivity index (χ3v) is 4.08. The molecule has 0 bridgehead atoms. The van der Waals surface area contributed by atoms with Gasteiger partial charge in [0.2, 0.25) is 0 Å². The predicted octanol–water partition coefficient (Wildman–Crippen LogP) is 1.88. The van der Waals surface area contributed by atoms with Crippen LogP contribution in [0.2, 0.25) is 5.02 Å². The van der Waals surface area contributed by atoms with E-state index in [1.165, 1.54) is 0 Å². The second-order valence-electron chi connectivity index (χ2n) is 5.20. The van der Waals surface area contributed by atoms with Gasteiger partial charge in [-0.25, -0.2) is 14.6 Å². The molecule has 1 N–H and O–H groups in total. The van der Waals surface area contributed by atoms with Gasteiger partial charge in [-0.3, -0.25) is 0 Å². The molecule has 2 aromatic heterocycles. The normalized spacial score (nSPS) is 15.4. The molecule has 0 radical (unpaired) electrons. The van der Waals surface area contributed by atoms with Crippen molar-refractivity contribution in [1.29, 1.82) is 0 Å². The molecule has 0 unspecified atom stereocenters. The number of benzene rings is 1. The van der Waals surface area contributed by atoms with Crippen LogP contribution in [-0.4, -0.2) is 45.9 Å². The Balaban J connectivity index is 1.80. The maximum atomic E-state index is 5.95. The first-order valence-electron chi connectivity index (χ1n) is 7.23. The van der Waals surface area contributed by atoms with E-state index in [4.69, 9.17) is 11.6 Å². The molecule has 112 valence electrons. The molecule has 1 aliphatic heterocycles. The first-order chi connectivity index (χ1) is 10.8. The van der Waals surface area contributed by atoms with Crippen molar-refractivity contribution < 1.29 is 0 Å². The summed E-state index contributed by atoms with van der Waals surface area (Å²) in [6, 6.07) is 7.56. The second-order valence-corrected chi connectivity index (χ2v) is 5.64. The summed E-state index contributed by atoms with van der Waals surface area (Å²) in [5, 5.41) is 9.51. The number of hydrogen-bond acceptors (Lipinski definition) is 5. The average molecular weight is 315 g/mol. The fourth-order valence-corrected chi connectivity index (χ4v) is 2.86. The van der Waals surface area contributed by atoms with Crippen LogP contribution in [0.25, 0.3) is 16.7 Å². The molecule has 7 heteroatoms. The van der Waals surface area contributed by atoms with Crippen LogP contribution < -0.4 is 10.2 Å². The monoisotopic (exact) mass is 314 g/mol. The highest BCUT2D eigenvalue weighted by molar-refractivity contribution is 6.30. The summed E-state index contributed by atoms with van der Waals surface area (Å²) in [5.74, 6) is 0.951. The lowest BCUT2D eigenvalue weighted by Gasteiger charge is -2.28. The minimum absolute atomic E-state index is 0.705. The maximum absolute atomic E-state index is 5.95. The Morgan fingerprint density at radius 2 is 1.82 bits per heavy atom. The van der Waals surface area contributed by atoms with Crippen LogP contribution in [0, 0.1) is 0 Å². The van der Waals surface area contributed by atoms with E-state index in [1.54, 1.807) is 6.33 Å². The lowest BCUT2D eigenvalue weighted by atomic mass is 10.3. The van der Waals surface area contributed by atoms with Gasteiger partial charge in [-0.05, 0) is 24.3 Å². The third-order valence-electron chi connectivity index (χ3n) is 3.83. The van der Waals surface area contributed by atoms with Gasteiger partial charge in [0.05, 0.1) is 17.3 Å². The van der Waals surface area contributed by atoms with Gasteiger partial charge in [-0.2, -0.15) is 5.10 Å². The summed E-state index contributed by atoms with van der Waals surface area (Å²) in [6.45, 7) is 3.82. The number of halogens is 1. The zero-order chi connectivity index (χ0) is 14.9. The number of rotatable bonds is 2. The molecule has 1 aliphatic rings. The van der Waals surface area contributed by atoms with Crippen molar-refractivity contribution in [2.75, 3.05) is 31.1 Å². The van der Waals surface area contributed by atoms with Crippen LogP contribution in [0.15, 0.2) is 36.8 Å². The van der Waals surface area contributed by atoms with E-state index in [0.717, 1.165) is 48.7 Å². The molecule has 0 aliphatic carbocycles. The predicted molar refractivity (Wildman–Crippen MR) is 86.8 cm³/mol. The molecule has 3 heterocycles. The summed E-state index contributed by atoms with van der Waals surface area (Å²) < 4.78 is 1.82. The Kier molecular flexibility index (Phi) is 3.40. The first kappa shape index (κ1) is 13.5. The number of anilines is 1. The summed E-state index contributed by atoms with van der Waals surface area (Å²) in [7, 11) is 0.